The molecule has 0 aliphatic carbocycles. The first kappa shape index (κ1) is 9.52. The van der Waals surface area contributed by atoms with Crippen LogP contribution < -0.4 is 4.90 Å². The van der Waals surface area contributed by atoms with Gasteiger partial charge in [0, 0.05) is 31.0 Å². The Bertz CT molecular complexity index is 328. The van der Waals surface area contributed by atoms with Crippen LogP contribution >= 0.6 is 12.6 Å². The van der Waals surface area contributed by atoms with Crippen molar-refractivity contribution in [3.8, 4) is 0 Å². The third-order valence-corrected chi connectivity index (χ3v) is 2.95. The molecular formula is C10H12N2OS. The van der Waals surface area contributed by atoms with E-state index < -0.39 is 0 Å². The van der Waals surface area contributed by atoms with E-state index in [1.54, 1.807) is 12.4 Å². The van der Waals surface area contributed by atoms with Crippen molar-refractivity contribution in [1.29, 1.82) is 0 Å². The second-order valence-electron chi connectivity index (χ2n) is 3.46. The van der Waals surface area contributed by atoms with Crippen LogP contribution in [0.3, 0.4) is 0 Å². The lowest BCUT2D eigenvalue weighted by Crippen LogP contribution is -2.24. The van der Waals surface area contributed by atoms with Crippen molar-refractivity contribution in [2.75, 3.05) is 17.2 Å². The molecule has 1 unspecified atom stereocenters. The minimum atomic E-state index is 0.190. The van der Waals surface area contributed by atoms with Gasteiger partial charge >= 0.3 is 0 Å². The lowest BCUT2D eigenvalue weighted by molar-refractivity contribution is -0.117. The van der Waals surface area contributed by atoms with Crippen LogP contribution in [0.15, 0.2) is 24.5 Å². The van der Waals surface area contributed by atoms with Crippen molar-refractivity contribution in [2.45, 2.75) is 6.42 Å². The third-order valence-electron chi connectivity index (χ3n) is 2.44. The van der Waals surface area contributed by atoms with Crippen molar-refractivity contribution >= 4 is 24.2 Å². The Morgan fingerprint density at radius 3 is 2.79 bits per heavy atom. The summed E-state index contributed by atoms with van der Waals surface area (Å²) in [5.41, 5.74) is 0.939. The third kappa shape index (κ3) is 1.75. The number of nitrogens with zero attached hydrogens (tertiary/aromatic N) is 2. The zero-order valence-corrected chi connectivity index (χ0v) is 8.65. The molecule has 1 saturated heterocycles. The molecule has 0 spiro atoms. The van der Waals surface area contributed by atoms with Gasteiger partial charge in [0.15, 0.2) is 0 Å². The number of anilines is 1. The maximum atomic E-state index is 11.6. The van der Waals surface area contributed by atoms with Crippen molar-refractivity contribution in [3.05, 3.63) is 24.5 Å². The molecule has 14 heavy (non-hydrogen) atoms. The van der Waals surface area contributed by atoms with E-state index in [2.05, 4.69) is 17.6 Å². The maximum absolute atomic E-state index is 11.6. The largest absolute Gasteiger partial charge is 0.312 e. The van der Waals surface area contributed by atoms with Crippen LogP contribution in [-0.2, 0) is 4.79 Å². The van der Waals surface area contributed by atoms with Crippen molar-refractivity contribution in [1.82, 2.24) is 4.98 Å². The Labute approximate surface area is 88.5 Å². The SMILES string of the molecule is O=C1CC(CS)CN1c1ccncc1. The highest BCUT2D eigenvalue weighted by Crippen LogP contribution is 2.24. The summed E-state index contributed by atoms with van der Waals surface area (Å²) in [6.45, 7) is 0.784. The zero-order valence-electron chi connectivity index (χ0n) is 7.76. The molecule has 4 heteroatoms. The van der Waals surface area contributed by atoms with Crippen LogP contribution in [0, 0.1) is 5.92 Å². The van der Waals surface area contributed by atoms with Crippen LogP contribution in [-0.4, -0.2) is 23.2 Å². The Morgan fingerprint density at radius 2 is 2.21 bits per heavy atom. The minimum Gasteiger partial charge on any atom is -0.312 e. The fourth-order valence-electron chi connectivity index (χ4n) is 1.68. The minimum absolute atomic E-state index is 0.190. The van der Waals surface area contributed by atoms with Crippen molar-refractivity contribution in [2.24, 2.45) is 5.92 Å². The lowest BCUT2D eigenvalue weighted by Gasteiger charge is -2.15. The smallest absolute Gasteiger partial charge is 0.227 e. The van der Waals surface area contributed by atoms with Gasteiger partial charge in [0.25, 0.3) is 0 Å². The molecule has 74 valence electrons. The van der Waals surface area contributed by atoms with Gasteiger partial charge in [-0.25, -0.2) is 0 Å². The Balaban J connectivity index is 2.17. The molecule has 1 atom stereocenters. The van der Waals surface area contributed by atoms with Crippen LogP contribution in [0.5, 0.6) is 0 Å². The normalized spacial score (nSPS) is 21.6. The van der Waals surface area contributed by atoms with Gasteiger partial charge in [-0.15, -0.1) is 0 Å². The standard InChI is InChI=1S/C10H12N2OS/c13-10-5-8(7-14)6-12(10)9-1-3-11-4-2-9/h1-4,8,14H,5-7H2. The fourth-order valence-corrected chi connectivity index (χ4v) is 1.92. The van der Waals surface area contributed by atoms with E-state index in [1.165, 1.54) is 0 Å². The summed E-state index contributed by atoms with van der Waals surface area (Å²) in [5.74, 6) is 1.35. The molecule has 1 aliphatic rings. The van der Waals surface area contributed by atoms with Crippen LogP contribution in [0.2, 0.25) is 0 Å². The van der Waals surface area contributed by atoms with Gasteiger partial charge in [-0.05, 0) is 23.8 Å². The summed E-state index contributed by atoms with van der Waals surface area (Å²) in [5, 5.41) is 0. The Hall–Kier alpha value is -1.03. The first-order valence-corrected chi connectivity index (χ1v) is 5.25. The lowest BCUT2D eigenvalue weighted by atomic mass is 10.1. The summed E-state index contributed by atoms with van der Waals surface area (Å²) < 4.78 is 0. The van der Waals surface area contributed by atoms with Crippen LogP contribution in [0.25, 0.3) is 0 Å². The number of amides is 1. The Kier molecular flexibility index (Phi) is 2.72. The van der Waals surface area contributed by atoms with Gasteiger partial charge in [-0.2, -0.15) is 12.6 Å². The predicted molar refractivity (Wildman–Crippen MR) is 58.6 cm³/mol. The van der Waals surface area contributed by atoms with E-state index in [0.717, 1.165) is 18.0 Å². The van der Waals surface area contributed by atoms with E-state index in [4.69, 9.17) is 0 Å². The number of hydrogen-bond donors (Lipinski definition) is 1. The topological polar surface area (TPSA) is 33.2 Å². The van der Waals surface area contributed by atoms with Gasteiger partial charge in [0.1, 0.15) is 0 Å². The molecule has 3 nitrogen and oxygen atoms in total. The zero-order chi connectivity index (χ0) is 9.97. The Morgan fingerprint density at radius 1 is 1.50 bits per heavy atom. The molecule has 2 heterocycles. The molecule has 1 amide bonds. The van der Waals surface area contributed by atoms with Gasteiger partial charge < -0.3 is 4.90 Å². The first-order valence-electron chi connectivity index (χ1n) is 4.62. The van der Waals surface area contributed by atoms with E-state index in [9.17, 15) is 4.79 Å². The number of hydrogen-bond acceptors (Lipinski definition) is 3. The molecule has 0 N–H and O–H groups in total. The van der Waals surface area contributed by atoms with Gasteiger partial charge in [-0.3, -0.25) is 9.78 Å². The summed E-state index contributed by atoms with van der Waals surface area (Å²) in [6.07, 6.45) is 4.03. The average molecular weight is 208 g/mol. The van der Waals surface area contributed by atoms with Gasteiger partial charge in [0.05, 0.1) is 0 Å². The number of carbonyl (C=O) groups excluding carboxylic acids is 1. The molecule has 0 radical (unpaired) electrons. The fraction of sp³-hybridized carbons (Fsp3) is 0.400. The van der Waals surface area contributed by atoms with Crippen LogP contribution in [0.4, 0.5) is 5.69 Å². The number of rotatable bonds is 2. The van der Waals surface area contributed by atoms with E-state index >= 15 is 0 Å². The number of pyridine rings is 1. The average Bonchev–Trinajstić information content (AvgIpc) is 2.61. The van der Waals surface area contributed by atoms with Crippen LogP contribution in [0.1, 0.15) is 6.42 Å². The summed E-state index contributed by atoms with van der Waals surface area (Å²) >= 11 is 4.22. The quantitative estimate of drug-likeness (QED) is 0.745. The highest BCUT2D eigenvalue weighted by atomic mass is 32.1. The van der Waals surface area contributed by atoms with E-state index in [1.807, 2.05) is 17.0 Å². The van der Waals surface area contributed by atoms with E-state index in [0.29, 0.717) is 12.3 Å². The van der Waals surface area contributed by atoms with Gasteiger partial charge in [0.2, 0.25) is 5.91 Å². The number of aromatic nitrogens is 1. The van der Waals surface area contributed by atoms with Gasteiger partial charge in [-0.1, -0.05) is 0 Å². The molecule has 0 saturated carbocycles. The van der Waals surface area contributed by atoms with E-state index in [-0.39, 0.29) is 5.91 Å². The molecule has 1 aromatic rings. The first-order chi connectivity index (χ1) is 6.81. The molecular weight excluding hydrogens is 196 g/mol. The van der Waals surface area contributed by atoms with Crippen molar-refractivity contribution in [3.63, 3.8) is 0 Å². The second-order valence-corrected chi connectivity index (χ2v) is 3.83. The molecule has 1 fully saturated rings. The highest BCUT2D eigenvalue weighted by Gasteiger charge is 2.29. The molecule has 0 bridgehead atoms. The molecule has 0 aromatic carbocycles. The molecule has 1 aromatic heterocycles. The highest BCUT2D eigenvalue weighted by molar-refractivity contribution is 7.80. The van der Waals surface area contributed by atoms with Crippen molar-refractivity contribution < 1.29 is 4.79 Å². The number of thiol groups is 1. The maximum Gasteiger partial charge on any atom is 0.227 e. The predicted octanol–water partition coefficient (Wildman–Crippen LogP) is 1.36. The summed E-state index contributed by atoms with van der Waals surface area (Å²) in [4.78, 5) is 17.4. The summed E-state index contributed by atoms with van der Waals surface area (Å²) in [7, 11) is 0. The monoisotopic (exact) mass is 208 g/mol. The number of carbonyl (C=O) groups is 1. The second kappa shape index (κ2) is 4.00. The molecule has 1 aliphatic heterocycles. The summed E-state index contributed by atoms with van der Waals surface area (Å²) in [6, 6.07) is 3.72. The molecule has 2 rings (SSSR count).